The molecule has 182 valence electrons. The van der Waals surface area contributed by atoms with Gasteiger partial charge >= 0.3 is 12.0 Å². The number of nitrogens with one attached hydrogen (secondary N) is 1. The Morgan fingerprint density at radius 2 is 1.77 bits per heavy atom. The SMILES string of the molecule is COc1ccccc1N1CCN(C(=O)CN2C(=O)N[C@H](c3ccc(C)cc3)C3=C2COC3=O)CC1. The molecule has 2 aromatic carbocycles. The van der Waals surface area contributed by atoms with E-state index in [0.717, 1.165) is 22.6 Å². The van der Waals surface area contributed by atoms with Crippen LogP contribution >= 0.6 is 0 Å². The van der Waals surface area contributed by atoms with Crippen LogP contribution in [0, 0.1) is 6.92 Å². The molecule has 0 unspecified atom stereocenters. The van der Waals surface area contributed by atoms with Gasteiger partial charge in [0.25, 0.3) is 0 Å². The molecule has 3 heterocycles. The van der Waals surface area contributed by atoms with E-state index in [9.17, 15) is 14.4 Å². The highest BCUT2D eigenvalue weighted by Gasteiger charge is 2.43. The molecule has 35 heavy (non-hydrogen) atoms. The van der Waals surface area contributed by atoms with Crippen molar-refractivity contribution in [3.8, 4) is 5.75 Å². The van der Waals surface area contributed by atoms with Gasteiger partial charge in [0.05, 0.1) is 30.1 Å². The minimum Gasteiger partial charge on any atom is -0.495 e. The van der Waals surface area contributed by atoms with E-state index in [1.807, 2.05) is 55.5 Å². The molecule has 0 bridgehead atoms. The lowest BCUT2D eigenvalue weighted by Gasteiger charge is -2.38. The highest BCUT2D eigenvalue weighted by atomic mass is 16.5. The second-order valence-corrected chi connectivity index (χ2v) is 8.86. The Kier molecular flexibility index (Phi) is 6.07. The van der Waals surface area contributed by atoms with Crippen molar-refractivity contribution < 1.29 is 23.9 Å². The first-order valence-electron chi connectivity index (χ1n) is 11.7. The molecule has 0 radical (unpaired) electrons. The van der Waals surface area contributed by atoms with Crippen LogP contribution in [0.1, 0.15) is 17.2 Å². The molecule has 1 saturated heterocycles. The van der Waals surface area contributed by atoms with E-state index in [-0.39, 0.29) is 19.1 Å². The van der Waals surface area contributed by atoms with Crippen molar-refractivity contribution in [2.45, 2.75) is 13.0 Å². The number of para-hydroxylation sites is 2. The van der Waals surface area contributed by atoms with Gasteiger partial charge in [-0.1, -0.05) is 42.0 Å². The number of aryl methyl sites for hydroxylation is 1. The third kappa shape index (κ3) is 4.29. The number of benzene rings is 2. The van der Waals surface area contributed by atoms with E-state index in [1.54, 1.807) is 12.0 Å². The molecule has 2 aromatic rings. The smallest absolute Gasteiger partial charge is 0.338 e. The molecule has 3 aliphatic rings. The van der Waals surface area contributed by atoms with Crippen molar-refractivity contribution in [2.24, 2.45) is 0 Å². The zero-order valence-electron chi connectivity index (χ0n) is 19.8. The largest absolute Gasteiger partial charge is 0.495 e. The summed E-state index contributed by atoms with van der Waals surface area (Å²) in [7, 11) is 1.64. The average molecular weight is 477 g/mol. The number of hydrogen-bond acceptors (Lipinski definition) is 6. The second kappa shape index (κ2) is 9.32. The zero-order chi connectivity index (χ0) is 24.5. The van der Waals surface area contributed by atoms with Gasteiger partial charge in [-0.15, -0.1) is 0 Å². The van der Waals surface area contributed by atoms with Gasteiger partial charge in [0.2, 0.25) is 5.91 Å². The standard InChI is InChI=1S/C26H28N4O5/c1-17-7-9-18(10-8-17)24-23-20(16-35-25(23)32)30(26(33)27-24)15-22(31)29-13-11-28(12-14-29)19-5-3-4-6-21(19)34-2/h3-10,24H,11-16H2,1-2H3,(H,27,33)/t24-/m1/s1. The maximum absolute atomic E-state index is 13.1. The Hall–Kier alpha value is -4.01. The van der Waals surface area contributed by atoms with E-state index in [0.29, 0.717) is 37.4 Å². The van der Waals surface area contributed by atoms with E-state index in [2.05, 4.69) is 10.2 Å². The molecule has 3 amide bonds. The number of methoxy groups -OCH3 is 1. The zero-order valence-corrected chi connectivity index (χ0v) is 19.8. The first kappa shape index (κ1) is 22.8. The number of rotatable bonds is 5. The first-order chi connectivity index (χ1) is 17.0. The predicted octanol–water partition coefficient (Wildman–Crippen LogP) is 2.23. The van der Waals surface area contributed by atoms with Crippen LogP contribution in [-0.4, -0.2) is 74.1 Å². The highest BCUT2D eigenvalue weighted by Crippen LogP contribution is 2.35. The number of urea groups is 1. The molecular weight excluding hydrogens is 448 g/mol. The third-order valence-corrected chi connectivity index (χ3v) is 6.76. The maximum atomic E-state index is 13.1. The minimum absolute atomic E-state index is 0.0151. The number of ether oxygens (including phenoxy) is 2. The van der Waals surface area contributed by atoms with Gasteiger partial charge < -0.3 is 24.6 Å². The van der Waals surface area contributed by atoms with E-state index < -0.39 is 18.0 Å². The van der Waals surface area contributed by atoms with Crippen molar-refractivity contribution in [3.05, 3.63) is 70.9 Å². The van der Waals surface area contributed by atoms with Crippen molar-refractivity contribution in [2.75, 3.05) is 51.3 Å². The maximum Gasteiger partial charge on any atom is 0.338 e. The van der Waals surface area contributed by atoms with E-state index in [4.69, 9.17) is 9.47 Å². The normalized spacial score (nSPS) is 19.9. The topological polar surface area (TPSA) is 91.4 Å². The minimum atomic E-state index is -0.594. The fraction of sp³-hybridized carbons (Fsp3) is 0.346. The number of anilines is 1. The number of cyclic esters (lactones) is 1. The lowest BCUT2D eigenvalue weighted by atomic mass is 9.95. The van der Waals surface area contributed by atoms with Crippen LogP contribution in [0.5, 0.6) is 5.75 Å². The molecule has 3 aliphatic heterocycles. The molecule has 1 atom stereocenters. The molecule has 1 fully saturated rings. The number of esters is 1. The van der Waals surface area contributed by atoms with Crippen LogP contribution < -0.4 is 15.0 Å². The van der Waals surface area contributed by atoms with Gasteiger partial charge in [-0.05, 0) is 24.6 Å². The van der Waals surface area contributed by atoms with Gasteiger partial charge in [-0.25, -0.2) is 9.59 Å². The van der Waals surface area contributed by atoms with Crippen molar-refractivity contribution in [3.63, 3.8) is 0 Å². The first-order valence-corrected chi connectivity index (χ1v) is 11.7. The van der Waals surface area contributed by atoms with Crippen LogP contribution in [-0.2, 0) is 14.3 Å². The average Bonchev–Trinajstić information content (AvgIpc) is 3.27. The van der Waals surface area contributed by atoms with Gasteiger partial charge in [0.15, 0.2) is 0 Å². The molecule has 9 heteroatoms. The summed E-state index contributed by atoms with van der Waals surface area (Å²) in [6.45, 7) is 4.18. The fourth-order valence-corrected chi connectivity index (χ4v) is 4.81. The van der Waals surface area contributed by atoms with Gasteiger partial charge in [-0.3, -0.25) is 9.69 Å². The molecule has 1 N–H and O–H groups in total. The summed E-state index contributed by atoms with van der Waals surface area (Å²) in [4.78, 5) is 44.0. The number of carbonyl (C=O) groups is 3. The molecule has 0 saturated carbocycles. The third-order valence-electron chi connectivity index (χ3n) is 6.76. The molecule has 5 rings (SSSR count). The highest BCUT2D eigenvalue weighted by molar-refractivity contribution is 5.98. The Bertz CT molecular complexity index is 1180. The fourth-order valence-electron chi connectivity index (χ4n) is 4.81. The van der Waals surface area contributed by atoms with Crippen LogP contribution in [0.4, 0.5) is 10.5 Å². The second-order valence-electron chi connectivity index (χ2n) is 8.86. The lowest BCUT2D eigenvalue weighted by molar-refractivity contribution is -0.136. The van der Waals surface area contributed by atoms with Crippen molar-refractivity contribution >= 4 is 23.6 Å². The predicted molar refractivity (Wildman–Crippen MR) is 129 cm³/mol. The molecule has 0 aliphatic carbocycles. The van der Waals surface area contributed by atoms with Gasteiger partial charge in [0.1, 0.15) is 18.9 Å². The number of carbonyl (C=O) groups excluding carboxylic acids is 3. The van der Waals surface area contributed by atoms with Crippen molar-refractivity contribution in [1.82, 2.24) is 15.1 Å². The lowest BCUT2D eigenvalue weighted by Crippen LogP contribution is -2.54. The van der Waals surface area contributed by atoms with Crippen LogP contribution in [0.2, 0.25) is 0 Å². The summed E-state index contributed by atoms with van der Waals surface area (Å²) in [6, 6.07) is 14.5. The van der Waals surface area contributed by atoms with Gasteiger partial charge in [0, 0.05) is 26.2 Å². The van der Waals surface area contributed by atoms with Crippen LogP contribution in [0.3, 0.4) is 0 Å². The number of piperazine rings is 1. The van der Waals surface area contributed by atoms with E-state index in [1.165, 1.54) is 4.90 Å². The summed E-state index contributed by atoms with van der Waals surface area (Å²) in [5, 5.41) is 2.89. The summed E-state index contributed by atoms with van der Waals surface area (Å²) in [5.74, 6) is 0.166. The Morgan fingerprint density at radius 3 is 2.49 bits per heavy atom. The number of hydrogen-bond donors (Lipinski definition) is 1. The molecule has 0 spiro atoms. The Labute approximate surface area is 203 Å². The number of nitrogens with zero attached hydrogens (tertiary/aromatic N) is 3. The number of amides is 3. The Balaban J connectivity index is 1.29. The van der Waals surface area contributed by atoms with Crippen LogP contribution in [0.15, 0.2) is 59.8 Å². The molecule has 0 aromatic heterocycles. The van der Waals surface area contributed by atoms with Crippen LogP contribution in [0.25, 0.3) is 0 Å². The molecule has 9 nitrogen and oxygen atoms in total. The summed E-state index contributed by atoms with van der Waals surface area (Å²) < 4.78 is 10.7. The monoisotopic (exact) mass is 476 g/mol. The summed E-state index contributed by atoms with van der Waals surface area (Å²) in [6.07, 6.45) is 0. The van der Waals surface area contributed by atoms with Crippen molar-refractivity contribution in [1.29, 1.82) is 0 Å². The Morgan fingerprint density at radius 1 is 1.06 bits per heavy atom. The molecular formula is C26H28N4O5. The summed E-state index contributed by atoms with van der Waals surface area (Å²) >= 11 is 0. The van der Waals surface area contributed by atoms with E-state index >= 15 is 0 Å². The van der Waals surface area contributed by atoms with Gasteiger partial charge in [-0.2, -0.15) is 0 Å². The summed E-state index contributed by atoms with van der Waals surface area (Å²) in [5.41, 5.74) is 3.73. The quantitative estimate of drug-likeness (QED) is 0.666.